The lowest BCUT2D eigenvalue weighted by atomic mass is 10.1. The lowest BCUT2D eigenvalue weighted by Crippen LogP contribution is -2.24. The molecule has 1 saturated heterocycles. The molecule has 2 N–H and O–H groups in total. The van der Waals surface area contributed by atoms with Gasteiger partial charge in [0.05, 0.1) is 12.6 Å². The molecule has 0 unspecified atom stereocenters. The Balaban J connectivity index is 1.56. The van der Waals surface area contributed by atoms with Gasteiger partial charge < -0.3 is 20.1 Å². The fraction of sp³-hybridized carbons (Fsp3) is 0.350. The van der Waals surface area contributed by atoms with Crippen LogP contribution >= 0.6 is 0 Å². The van der Waals surface area contributed by atoms with Gasteiger partial charge in [-0.25, -0.2) is 0 Å². The summed E-state index contributed by atoms with van der Waals surface area (Å²) < 4.78 is 6.09. The number of benzene rings is 2. The summed E-state index contributed by atoms with van der Waals surface area (Å²) in [7, 11) is 0. The summed E-state index contributed by atoms with van der Waals surface area (Å²) in [5.41, 5.74) is 2.16. The molecular weight excluding hydrogens is 316 g/mol. The Hall–Kier alpha value is -2.69. The third-order valence-corrected chi connectivity index (χ3v) is 4.46. The summed E-state index contributed by atoms with van der Waals surface area (Å²) in [4.78, 5) is 13.4. The molecule has 5 nitrogen and oxygen atoms in total. The van der Waals surface area contributed by atoms with Gasteiger partial charge in [-0.15, -0.1) is 0 Å². The fourth-order valence-electron chi connectivity index (χ4n) is 3.14. The summed E-state index contributed by atoms with van der Waals surface area (Å²) >= 11 is 0. The number of ether oxygens (including phenoxy) is 1. The van der Waals surface area contributed by atoms with Crippen LogP contribution in [0, 0.1) is 0 Å². The van der Waals surface area contributed by atoms with Gasteiger partial charge in [0.2, 0.25) is 5.91 Å². The third kappa shape index (κ3) is 4.44. The predicted molar refractivity (Wildman–Crippen MR) is 98.0 cm³/mol. The third-order valence-electron chi connectivity index (χ3n) is 4.46. The Morgan fingerprint density at radius 3 is 2.52 bits per heavy atom. The van der Waals surface area contributed by atoms with E-state index in [9.17, 15) is 9.90 Å². The minimum absolute atomic E-state index is 0.0111. The number of carbonyl (C=O) groups excluding carboxylic acids is 1. The monoisotopic (exact) mass is 340 g/mol. The molecule has 5 heteroatoms. The first-order valence-corrected chi connectivity index (χ1v) is 8.59. The van der Waals surface area contributed by atoms with Crippen LogP contribution in [0.25, 0.3) is 0 Å². The van der Waals surface area contributed by atoms with E-state index in [-0.39, 0.29) is 23.8 Å². The molecule has 1 fully saturated rings. The lowest BCUT2D eigenvalue weighted by Gasteiger charge is -2.19. The molecule has 0 aliphatic carbocycles. The lowest BCUT2D eigenvalue weighted by molar-refractivity contribution is -0.119. The summed E-state index contributed by atoms with van der Waals surface area (Å²) in [6.07, 6.45) is 1.11. The molecule has 1 heterocycles. The van der Waals surface area contributed by atoms with Gasteiger partial charge in [0.25, 0.3) is 0 Å². The molecule has 2 aromatic carbocycles. The van der Waals surface area contributed by atoms with Crippen molar-refractivity contribution in [2.45, 2.75) is 32.4 Å². The zero-order valence-electron chi connectivity index (χ0n) is 14.6. The molecule has 1 aliphatic rings. The van der Waals surface area contributed by atoms with Crippen LogP contribution in [0.2, 0.25) is 0 Å². The predicted octanol–water partition coefficient (Wildman–Crippen LogP) is 3.25. The van der Waals surface area contributed by atoms with Crippen molar-refractivity contribution in [2.24, 2.45) is 0 Å². The second-order valence-electron chi connectivity index (χ2n) is 6.48. The Morgan fingerprint density at radius 1 is 1.20 bits per heavy atom. The number of amides is 1. The number of hydrogen-bond acceptors (Lipinski definition) is 4. The second kappa shape index (κ2) is 7.47. The standard InChI is InChI=1S/C20H24N2O3/c1-14(21-15(2)23)16-3-9-19(10-4-16)25-20-11-12-22(13-20)17-5-7-18(24)8-6-17/h3-10,14,20,24H,11-13H2,1-2H3,(H,21,23)/t14-,20+/m0/s1. The molecule has 0 spiro atoms. The van der Waals surface area contributed by atoms with Crippen LogP contribution in [-0.4, -0.2) is 30.2 Å². The number of carbonyl (C=O) groups is 1. The molecule has 132 valence electrons. The molecule has 3 rings (SSSR count). The number of hydrogen-bond donors (Lipinski definition) is 2. The molecule has 25 heavy (non-hydrogen) atoms. The Labute approximate surface area is 148 Å². The van der Waals surface area contributed by atoms with Crippen LogP contribution in [-0.2, 0) is 4.79 Å². The maximum atomic E-state index is 11.1. The normalized spacial score (nSPS) is 18.0. The number of phenols is 1. The maximum absolute atomic E-state index is 11.1. The Morgan fingerprint density at radius 2 is 1.88 bits per heavy atom. The van der Waals surface area contributed by atoms with E-state index in [1.807, 2.05) is 43.3 Å². The molecule has 1 amide bonds. The van der Waals surface area contributed by atoms with Gasteiger partial charge in [0.15, 0.2) is 0 Å². The topological polar surface area (TPSA) is 61.8 Å². The second-order valence-corrected chi connectivity index (χ2v) is 6.48. The summed E-state index contributed by atoms with van der Waals surface area (Å²) in [6, 6.07) is 15.1. The number of rotatable bonds is 5. The van der Waals surface area contributed by atoms with E-state index in [0.29, 0.717) is 0 Å². The van der Waals surface area contributed by atoms with Gasteiger partial charge in [-0.3, -0.25) is 4.79 Å². The van der Waals surface area contributed by atoms with E-state index in [4.69, 9.17) is 4.74 Å². The highest BCUT2D eigenvalue weighted by atomic mass is 16.5. The molecule has 2 atom stereocenters. The van der Waals surface area contributed by atoms with Crippen LogP contribution in [0.15, 0.2) is 48.5 Å². The summed E-state index contributed by atoms with van der Waals surface area (Å²) in [6.45, 7) is 5.25. The largest absolute Gasteiger partial charge is 0.508 e. The minimum Gasteiger partial charge on any atom is -0.508 e. The Kier molecular flexibility index (Phi) is 5.12. The van der Waals surface area contributed by atoms with Crippen molar-refractivity contribution in [3.63, 3.8) is 0 Å². The number of anilines is 1. The molecular formula is C20H24N2O3. The van der Waals surface area contributed by atoms with Gasteiger partial charge in [0, 0.05) is 25.6 Å². The van der Waals surface area contributed by atoms with Gasteiger partial charge in [0.1, 0.15) is 17.6 Å². The number of aromatic hydroxyl groups is 1. The van der Waals surface area contributed by atoms with Crippen LogP contribution in [0.1, 0.15) is 31.9 Å². The summed E-state index contributed by atoms with van der Waals surface area (Å²) in [5.74, 6) is 1.09. The molecule has 0 aromatic heterocycles. The maximum Gasteiger partial charge on any atom is 0.217 e. The van der Waals surface area contributed by atoms with Crippen molar-refractivity contribution in [3.8, 4) is 11.5 Å². The van der Waals surface area contributed by atoms with E-state index >= 15 is 0 Å². The minimum atomic E-state index is -0.0342. The molecule has 0 bridgehead atoms. The first-order chi connectivity index (χ1) is 12.0. The average Bonchev–Trinajstić information content (AvgIpc) is 3.04. The number of nitrogens with one attached hydrogen (secondary N) is 1. The average molecular weight is 340 g/mol. The zero-order valence-corrected chi connectivity index (χ0v) is 14.6. The highest BCUT2D eigenvalue weighted by molar-refractivity contribution is 5.73. The van der Waals surface area contributed by atoms with Crippen molar-refractivity contribution in [2.75, 3.05) is 18.0 Å². The first kappa shape index (κ1) is 17.1. The fourth-order valence-corrected chi connectivity index (χ4v) is 3.14. The van der Waals surface area contributed by atoms with E-state index in [1.54, 1.807) is 12.1 Å². The van der Waals surface area contributed by atoms with Gasteiger partial charge >= 0.3 is 0 Å². The molecule has 0 radical (unpaired) electrons. The van der Waals surface area contributed by atoms with Gasteiger partial charge in [-0.05, 0) is 48.9 Å². The zero-order chi connectivity index (χ0) is 17.8. The van der Waals surface area contributed by atoms with E-state index in [2.05, 4.69) is 10.2 Å². The highest BCUT2D eigenvalue weighted by Gasteiger charge is 2.24. The molecule has 2 aromatic rings. The van der Waals surface area contributed by atoms with Crippen molar-refractivity contribution in [3.05, 3.63) is 54.1 Å². The van der Waals surface area contributed by atoms with Crippen LogP contribution in [0.3, 0.4) is 0 Å². The smallest absolute Gasteiger partial charge is 0.217 e. The van der Waals surface area contributed by atoms with Gasteiger partial charge in [-0.1, -0.05) is 12.1 Å². The van der Waals surface area contributed by atoms with E-state index in [1.165, 1.54) is 6.92 Å². The van der Waals surface area contributed by atoms with Crippen molar-refractivity contribution in [1.82, 2.24) is 5.32 Å². The van der Waals surface area contributed by atoms with Crippen LogP contribution in [0.5, 0.6) is 11.5 Å². The quantitative estimate of drug-likeness (QED) is 0.877. The van der Waals surface area contributed by atoms with Crippen molar-refractivity contribution < 1.29 is 14.6 Å². The summed E-state index contributed by atoms with van der Waals surface area (Å²) in [5, 5.41) is 12.3. The molecule has 1 aliphatic heterocycles. The number of nitrogens with zero attached hydrogens (tertiary/aromatic N) is 1. The molecule has 0 saturated carbocycles. The van der Waals surface area contributed by atoms with Crippen molar-refractivity contribution >= 4 is 11.6 Å². The van der Waals surface area contributed by atoms with Crippen LogP contribution < -0.4 is 15.0 Å². The Bertz CT molecular complexity index is 713. The van der Waals surface area contributed by atoms with E-state index < -0.39 is 0 Å². The number of phenolic OH excluding ortho intramolecular Hbond substituents is 1. The van der Waals surface area contributed by atoms with E-state index in [0.717, 1.165) is 36.5 Å². The highest BCUT2D eigenvalue weighted by Crippen LogP contribution is 2.26. The first-order valence-electron chi connectivity index (χ1n) is 8.59. The SMILES string of the molecule is CC(=O)N[C@@H](C)c1ccc(O[C@@H]2CCN(c3ccc(O)cc3)C2)cc1. The van der Waals surface area contributed by atoms with Crippen molar-refractivity contribution in [1.29, 1.82) is 0 Å². The van der Waals surface area contributed by atoms with Crippen LogP contribution in [0.4, 0.5) is 5.69 Å². The van der Waals surface area contributed by atoms with Gasteiger partial charge in [-0.2, -0.15) is 0 Å².